The van der Waals surface area contributed by atoms with Crippen LogP contribution in [-0.4, -0.2) is 57.3 Å². The second kappa shape index (κ2) is 8.41. The standard InChI is InChI=1S/C21H24FN5/c22-20-14-19(6-7-21(20)27-17-23-16-24-27)15-26-12-10-25(11-13-26)9-8-18-4-2-1-3-5-18/h1-7,14,16-17H,8-13,15H2. The van der Waals surface area contributed by atoms with Gasteiger partial charge in [0.05, 0.1) is 0 Å². The Hall–Kier alpha value is -2.57. The zero-order valence-corrected chi connectivity index (χ0v) is 15.3. The van der Waals surface area contributed by atoms with Gasteiger partial charge in [0.15, 0.2) is 0 Å². The molecule has 1 aliphatic heterocycles. The van der Waals surface area contributed by atoms with Crippen LogP contribution in [0.15, 0.2) is 61.2 Å². The zero-order valence-electron chi connectivity index (χ0n) is 15.3. The third-order valence-electron chi connectivity index (χ3n) is 5.11. The third-order valence-corrected chi connectivity index (χ3v) is 5.11. The molecule has 6 heteroatoms. The lowest BCUT2D eigenvalue weighted by atomic mass is 10.1. The number of benzene rings is 2. The van der Waals surface area contributed by atoms with Gasteiger partial charge in [0, 0.05) is 39.3 Å². The molecule has 0 saturated carbocycles. The molecular weight excluding hydrogens is 341 g/mol. The van der Waals surface area contributed by atoms with Crippen LogP contribution in [0.1, 0.15) is 11.1 Å². The van der Waals surface area contributed by atoms with Crippen LogP contribution in [0.5, 0.6) is 0 Å². The Morgan fingerprint density at radius 1 is 0.889 bits per heavy atom. The van der Waals surface area contributed by atoms with Gasteiger partial charge < -0.3 is 4.90 Å². The summed E-state index contributed by atoms with van der Waals surface area (Å²) in [4.78, 5) is 8.77. The summed E-state index contributed by atoms with van der Waals surface area (Å²) in [5.41, 5.74) is 2.82. The first-order valence-electron chi connectivity index (χ1n) is 9.40. The molecule has 0 atom stereocenters. The second-order valence-corrected chi connectivity index (χ2v) is 6.98. The van der Waals surface area contributed by atoms with Gasteiger partial charge in [0.1, 0.15) is 24.2 Å². The quantitative estimate of drug-likeness (QED) is 0.673. The number of nitrogens with zero attached hydrogens (tertiary/aromatic N) is 5. The molecule has 140 valence electrons. The van der Waals surface area contributed by atoms with Crippen molar-refractivity contribution >= 4 is 0 Å². The van der Waals surface area contributed by atoms with Crippen LogP contribution in [0.3, 0.4) is 0 Å². The Kier molecular flexibility index (Phi) is 5.55. The van der Waals surface area contributed by atoms with Gasteiger partial charge in [0.2, 0.25) is 0 Å². The van der Waals surface area contributed by atoms with Crippen molar-refractivity contribution < 1.29 is 4.39 Å². The minimum atomic E-state index is -0.264. The minimum Gasteiger partial charge on any atom is -0.300 e. The van der Waals surface area contributed by atoms with E-state index in [2.05, 4.69) is 50.2 Å². The molecule has 0 amide bonds. The largest absolute Gasteiger partial charge is 0.300 e. The van der Waals surface area contributed by atoms with E-state index in [9.17, 15) is 4.39 Å². The molecule has 0 unspecified atom stereocenters. The maximum atomic E-state index is 14.4. The van der Waals surface area contributed by atoms with Crippen LogP contribution >= 0.6 is 0 Å². The molecule has 1 fully saturated rings. The molecule has 0 aliphatic carbocycles. The molecule has 5 nitrogen and oxygen atoms in total. The van der Waals surface area contributed by atoms with Crippen molar-refractivity contribution in [3.63, 3.8) is 0 Å². The number of piperazine rings is 1. The third kappa shape index (κ3) is 4.59. The van der Waals surface area contributed by atoms with Crippen molar-refractivity contribution in [3.8, 4) is 5.69 Å². The number of hydrogen-bond donors (Lipinski definition) is 0. The highest BCUT2D eigenvalue weighted by atomic mass is 19.1. The maximum Gasteiger partial charge on any atom is 0.149 e. The van der Waals surface area contributed by atoms with Crippen LogP contribution in [0.25, 0.3) is 5.69 Å². The normalized spacial score (nSPS) is 15.9. The first-order valence-corrected chi connectivity index (χ1v) is 9.40. The summed E-state index contributed by atoms with van der Waals surface area (Å²) in [6.07, 6.45) is 4.01. The fourth-order valence-corrected chi connectivity index (χ4v) is 3.53. The monoisotopic (exact) mass is 365 g/mol. The van der Waals surface area contributed by atoms with Gasteiger partial charge in [-0.05, 0) is 29.7 Å². The first-order chi connectivity index (χ1) is 13.3. The summed E-state index contributed by atoms with van der Waals surface area (Å²) in [7, 11) is 0. The van der Waals surface area contributed by atoms with E-state index in [0.29, 0.717) is 5.69 Å². The van der Waals surface area contributed by atoms with Gasteiger partial charge in [-0.15, -0.1) is 0 Å². The molecule has 1 saturated heterocycles. The lowest BCUT2D eigenvalue weighted by Gasteiger charge is -2.34. The molecule has 0 spiro atoms. The summed E-state index contributed by atoms with van der Waals surface area (Å²) in [6, 6.07) is 16.0. The van der Waals surface area contributed by atoms with Gasteiger partial charge in [-0.3, -0.25) is 4.90 Å². The fraction of sp³-hybridized carbons (Fsp3) is 0.333. The van der Waals surface area contributed by atoms with Gasteiger partial charge in [-0.1, -0.05) is 36.4 Å². The summed E-state index contributed by atoms with van der Waals surface area (Å²) < 4.78 is 15.8. The predicted molar refractivity (Wildman–Crippen MR) is 103 cm³/mol. The van der Waals surface area contributed by atoms with Crippen molar-refractivity contribution in [3.05, 3.63) is 78.1 Å². The molecule has 0 radical (unpaired) electrons. The van der Waals surface area contributed by atoms with Crippen molar-refractivity contribution in [1.82, 2.24) is 24.6 Å². The highest BCUT2D eigenvalue weighted by molar-refractivity contribution is 5.35. The highest BCUT2D eigenvalue weighted by Crippen LogP contribution is 2.16. The van der Waals surface area contributed by atoms with Crippen LogP contribution in [0.4, 0.5) is 4.39 Å². The Labute approximate surface area is 159 Å². The molecule has 1 aliphatic rings. The summed E-state index contributed by atoms with van der Waals surface area (Å²) in [5, 5.41) is 3.99. The Balaban J connectivity index is 1.27. The van der Waals surface area contributed by atoms with E-state index in [1.54, 1.807) is 12.1 Å². The maximum absolute atomic E-state index is 14.4. The van der Waals surface area contributed by atoms with E-state index in [1.807, 2.05) is 6.07 Å². The zero-order chi connectivity index (χ0) is 18.5. The number of halogens is 1. The number of aromatic nitrogens is 3. The molecule has 4 rings (SSSR count). The predicted octanol–water partition coefficient (Wildman–Crippen LogP) is 2.77. The summed E-state index contributed by atoms with van der Waals surface area (Å²) in [5.74, 6) is -0.264. The average Bonchev–Trinajstić information content (AvgIpc) is 3.23. The van der Waals surface area contributed by atoms with Crippen molar-refractivity contribution in [2.75, 3.05) is 32.7 Å². The average molecular weight is 365 g/mol. The Morgan fingerprint density at radius 3 is 2.37 bits per heavy atom. The van der Waals surface area contributed by atoms with E-state index in [-0.39, 0.29) is 5.82 Å². The van der Waals surface area contributed by atoms with Crippen molar-refractivity contribution in [2.45, 2.75) is 13.0 Å². The number of hydrogen-bond acceptors (Lipinski definition) is 4. The minimum absolute atomic E-state index is 0.264. The van der Waals surface area contributed by atoms with Gasteiger partial charge in [-0.2, -0.15) is 5.10 Å². The Morgan fingerprint density at radius 2 is 1.67 bits per heavy atom. The van der Waals surface area contributed by atoms with Crippen LogP contribution in [0.2, 0.25) is 0 Å². The molecule has 3 aromatic rings. The fourth-order valence-electron chi connectivity index (χ4n) is 3.53. The molecule has 2 heterocycles. The van der Waals surface area contributed by atoms with Crippen LogP contribution in [-0.2, 0) is 13.0 Å². The van der Waals surface area contributed by atoms with E-state index < -0.39 is 0 Å². The SMILES string of the molecule is Fc1cc(CN2CCN(CCc3ccccc3)CC2)ccc1-n1cncn1. The van der Waals surface area contributed by atoms with Crippen LogP contribution < -0.4 is 0 Å². The topological polar surface area (TPSA) is 37.2 Å². The van der Waals surface area contributed by atoms with Crippen molar-refractivity contribution in [2.24, 2.45) is 0 Å². The lowest BCUT2D eigenvalue weighted by Crippen LogP contribution is -2.46. The molecule has 0 bridgehead atoms. The molecule has 1 aromatic heterocycles. The number of rotatable bonds is 6. The molecule has 27 heavy (non-hydrogen) atoms. The first kappa shape index (κ1) is 17.8. The van der Waals surface area contributed by atoms with Crippen molar-refractivity contribution in [1.29, 1.82) is 0 Å². The second-order valence-electron chi connectivity index (χ2n) is 6.98. The van der Waals surface area contributed by atoms with E-state index in [1.165, 1.54) is 22.9 Å². The smallest absolute Gasteiger partial charge is 0.149 e. The van der Waals surface area contributed by atoms with Gasteiger partial charge in [0.25, 0.3) is 0 Å². The summed E-state index contributed by atoms with van der Waals surface area (Å²) in [6.45, 7) is 6.03. The lowest BCUT2D eigenvalue weighted by molar-refractivity contribution is 0.128. The summed E-state index contributed by atoms with van der Waals surface area (Å²) >= 11 is 0. The van der Waals surface area contributed by atoms with E-state index >= 15 is 0 Å². The van der Waals surface area contributed by atoms with Gasteiger partial charge in [-0.25, -0.2) is 14.1 Å². The highest BCUT2D eigenvalue weighted by Gasteiger charge is 2.17. The molecule has 0 N–H and O–H groups in total. The van der Waals surface area contributed by atoms with Crippen LogP contribution in [0, 0.1) is 5.82 Å². The molecular formula is C21H24FN5. The Bertz CT molecular complexity index is 842. The van der Waals surface area contributed by atoms with E-state index in [0.717, 1.165) is 51.3 Å². The van der Waals surface area contributed by atoms with E-state index in [4.69, 9.17) is 0 Å². The van der Waals surface area contributed by atoms with Gasteiger partial charge >= 0.3 is 0 Å². The molecule has 2 aromatic carbocycles.